The van der Waals surface area contributed by atoms with E-state index >= 15 is 0 Å². The maximum atomic E-state index is 4.39. The Kier molecular flexibility index (Phi) is 2.89. The van der Waals surface area contributed by atoms with Crippen molar-refractivity contribution in [1.29, 1.82) is 0 Å². The number of para-hydroxylation sites is 2. The van der Waals surface area contributed by atoms with Gasteiger partial charge in [0.1, 0.15) is 0 Å². The van der Waals surface area contributed by atoms with Gasteiger partial charge < -0.3 is 10.3 Å². The highest BCUT2D eigenvalue weighted by molar-refractivity contribution is 7.99. The maximum Gasteiger partial charge on any atom is 0.0633 e. The van der Waals surface area contributed by atoms with Crippen molar-refractivity contribution in [2.75, 3.05) is 18.0 Å². The lowest BCUT2D eigenvalue weighted by atomic mass is 10.2. The first-order chi connectivity index (χ1) is 9.92. The topological polar surface area (TPSA) is 27.6 Å². The molecule has 0 saturated carbocycles. The molecule has 0 spiro atoms. The van der Waals surface area contributed by atoms with Crippen molar-refractivity contribution in [3.05, 3.63) is 48.5 Å². The molecule has 1 N–H and O–H groups in total. The second kappa shape index (κ2) is 4.87. The van der Waals surface area contributed by atoms with Gasteiger partial charge in [-0.1, -0.05) is 36.0 Å². The molecule has 2 aromatic rings. The predicted molar refractivity (Wildman–Crippen MR) is 84.1 cm³/mol. The van der Waals surface area contributed by atoms with Gasteiger partial charge in [0.05, 0.1) is 23.6 Å². The zero-order valence-corrected chi connectivity index (χ0v) is 11.9. The smallest absolute Gasteiger partial charge is 0.0633 e. The minimum absolute atomic E-state index is 0.863. The summed E-state index contributed by atoms with van der Waals surface area (Å²) in [5.74, 6) is 0. The van der Waals surface area contributed by atoms with E-state index in [1.54, 1.807) is 0 Å². The molecule has 2 heterocycles. The average Bonchev–Trinajstić information content (AvgIpc) is 3.00. The van der Waals surface area contributed by atoms with E-state index in [2.05, 4.69) is 64.0 Å². The molecule has 3 nitrogen and oxygen atoms in total. The number of hydrogen-bond donors (Lipinski definition) is 1. The van der Waals surface area contributed by atoms with Crippen LogP contribution in [0.15, 0.2) is 63.4 Å². The van der Waals surface area contributed by atoms with E-state index in [9.17, 15) is 0 Å². The fraction of sp³-hybridized carbons (Fsp3) is 0.188. The zero-order valence-electron chi connectivity index (χ0n) is 11.0. The highest BCUT2D eigenvalue weighted by Gasteiger charge is 2.24. The van der Waals surface area contributed by atoms with Gasteiger partial charge in [-0.2, -0.15) is 5.10 Å². The highest BCUT2D eigenvalue weighted by Crippen LogP contribution is 2.47. The summed E-state index contributed by atoms with van der Waals surface area (Å²) in [5.41, 5.74) is 6.86. The van der Waals surface area contributed by atoms with Crippen LogP contribution in [0.4, 0.5) is 11.4 Å². The van der Waals surface area contributed by atoms with Gasteiger partial charge in [0, 0.05) is 22.8 Å². The van der Waals surface area contributed by atoms with E-state index in [0.717, 1.165) is 19.5 Å². The third-order valence-corrected chi connectivity index (χ3v) is 4.77. The summed E-state index contributed by atoms with van der Waals surface area (Å²) in [6.45, 7) is 1.82. The summed E-state index contributed by atoms with van der Waals surface area (Å²) in [7, 11) is 0. The molecule has 0 amide bonds. The van der Waals surface area contributed by atoms with Crippen LogP contribution in [0.25, 0.3) is 0 Å². The molecule has 4 heteroatoms. The molecule has 2 aliphatic heterocycles. The normalized spacial score (nSPS) is 16.2. The fourth-order valence-corrected chi connectivity index (χ4v) is 3.77. The van der Waals surface area contributed by atoms with Gasteiger partial charge in [-0.05, 0) is 24.3 Å². The van der Waals surface area contributed by atoms with Crippen molar-refractivity contribution < 1.29 is 0 Å². The Balaban J connectivity index is 1.79. The minimum atomic E-state index is 0.863. The van der Waals surface area contributed by atoms with Crippen LogP contribution in [0.5, 0.6) is 0 Å². The molecule has 0 atom stereocenters. The summed E-state index contributed by atoms with van der Waals surface area (Å²) >= 11 is 1.85. The van der Waals surface area contributed by atoms with Crippen molar-refractivity contribution in [2.45, 2.75) is 16.2 Å². The molecular formula is C16H15N3S. The van der Waals surface area contributed by atoms with Crippen LogP contribution in [-0.4, -0.2) is 18.8 Å². The van der Waals surface area contributed by atoms with Crippen LogP contribution in [0.2, 0.25) is 0 Å². The summed E-state index contributed by atoms with van der Waals surface area (Å²) in [6, 6.07) is 17.2. The third kappa shape index (κ3) is 1.96. The molecule has 0 fully saturated rings. The van der Waals surface area contributed by atoms with Gasteiger partial charge in [-0.3, -0.25) is 0 Å². The number of nitrogens with one attached hydrogen (secondary N) is 1. The molecule has 0 radical (unpaired) electrons. The molecule has 100 valence electrons. The Hall–Kier alpha value is -1.94. The first kappa shape index (κ1) is 11.9. The minimum Gasteiger partial charge on any atom is -0.334 e. The summed E-state index contributed by atoms with van der Waals surface area (Å²) in [6.07, 6.45) is 1.04. The SMILES string of the molecule is c1ccc2c(c1)Sc1ccccc1N2CC1=NNCC1. The standard InChI is InChI=1S/C16H15N3S/c1-3-7-15-13(5-1)19(11-12-9-10-17-18-12)14-6-2-4-8-16(14)20-15/h1-8,17H,9-11H2. The lowest BCUT2D eigenvalue weighted by Gasteiger charge is -2.32. The molecule has 0 aromatic heterocycles. The fourth-order valence-electron chi connectivity index (χ4n) is 2.67. The largest absolute Gasteiger partial charge is 0.334 e. The average molecular weight is 281 g/mol. The molecule has 4 rings (SSSR count). The first-order valence-corrected chi connectivity index (χ1v) is 7.65. The van der Waals surface area contributed by atoms with Gasteiger partial charge in [0.25, 0.3) is 0 Å². The summed E-state index contributed by atoms with van der Waals surface area (Å²) < 4.78 is 0. The Bertz CT molecular complexity index is 635. The van der Waals surface area contributed by atoms with E-state index in [1.165, 1.54) is 26.9 Å². The van der Waals surface area contributed by atoms with Gasteiger partial charge in [0.2, 0.25) is 0 Å². The lowest BCUT2D eigenvalue weighted by molar-refractivity contribution is 0.813. The van der Waals surface area contributed by atoms with E-state index in [-0.39, 0.29) is 0 Å². The van der Waals surface area contributed by atoms with E-state index < -0.39 is 0 Å². The van der Waals surface area contributed by atoms with E-state index in [0.29, 0.717) is 0 Å². The Morgan fingerprint density at radius 3 is 2.25 bits per heavy atom. The Morgan fingerprint density at radius 1 is 1.00 bits per heavy atom. The van der Waals surface area contributed by atoms with Crippen molar-refractivity contribution >= 4 is 28.8 Å². The van der Waals surface area contributed by atoms with E-state index in [4.69, 9.17) is 0 Å². The summed E-state index contributed by atoms with van der Waals surface area (Å²) in [5, 5.41) is 4.39. The quantitative estimate of drug-likeness (QED) is 0.910. The molecule has 0 saturated heterocycles. The first-order valence-electron chi connectivity index (χ1n) is 6.83. The van der Waals surface area contributed by atoms with Gasteiger partial charge >= 0.3 is 0 Å². The zero-order chi connectivity index (χ0) is 13.4. The number of benzene rings is 2. The molecule has 0 aliphatic carbocycles. The molecular weight excluding hydrogens is 266 g/mol. The van der Waals surface area contributed by atoms with Gasteiger partial charge in [-0.15, -0.1) is 0 Å². The maximum absolute atomic E-state index is 4.39. The Labute approximate surface area is 122 Å². The molecule has 2 aliphatic rings. The number of rotatable bonds is 2. The monoisotopic (exact) mass is 281 g/mol. The number of nitrogens with zero attached hydrogens (tertiary/aromatic N) is 2. The van der Waals surface area contributed by atoms with Crippen molar-refractivity contribution in [2.24, 2.45) is 5.10 Å². The van der Waals surface area contributed by atoms with Crippen molar-refractivity contribution in [3.8, 4) is 0 Å². The number of hydrazone groups is 1. The molecule has 2 aromatic carbocycles. The van der Waals surface area contributed by atoms with Crippen LogP contribution in [-0.2, 0) is 0 Å². The number of fused-ring (bicyclic) bond motifs is 2. The van der Waals surface area contributed by atoms with Crippen molar-refractivity contribution in [3.63, 3.8) is 0 Å². The van der Waals surface area contributed by atoms with Crippen LogP contribution in [0, 0.1) is 0 Å². The number of anilines is 2. The van der Waals surface area contributed by atoms with Crippen LogP contribution < -0.4 is 10.3 Å². The summed E-state index contributed by atoms with van der Waals surface area (Å²) in [4.78, 5) is 5.02. The van der Waals surface area contributed by atoms with Crippen LogP contribution >= 0.6 is 11.8 Å². The molecule has 20 heavy (non-hydrogen) atoms. The van der Waals surface area contributed by atoms with E-state index in [1.807, 2.05) is 11.8 Å². The second-order valence-electron chi connectivity index (χ2n) is 4.96. The second-order valence-corrected chi connectivity index (χ2v) is 6.04. The van der Waals surface area contributed by atoms with Gasteiger partial charge in [0.15, 0.2) is 0 Å². The van der Waals surface area contributed by atoms with Gasteiger partial charge in [-0.25, -0.2) is 0 Å². The predicted octanol–water partition coefficient (Wildman–Crippen LogP) is 3.64. The Morgan fingerprint density at radius 2 is 1.65 bits per heavy atom. The van der Waals surface area contributed by atoms with Crippen LogP contribution in [0.3, 0.4) is 0 Å². The number of hydrogen-bond acceptors (Lipinski definition) is 4. The van der Waals surface area contributed by atoms with Crippen LogP contribution in [0.1, 0.15) is 6.42 Å². The third-order valence-electron chi connectivity index (χ3n) is 3.64. The highest BCUT2D eigenvalue weighted by atomic mass is 32.2. The molecule has 0 bridgehead atoms. The molecule has 0 unspecified atom stereocenters. The van der Waals surface area contributed by atoms with Crippen molar-refractivity contribution in [1.82, 2.24) is 5.43 Å². The lowest BCUT2D eigenvalue weighted by Crippen LogP contribution is -2.26.